The minimum Gasteiger partial charge on any atom is -0.327 e. The standard InChI is InChI=1S/C17H11F2N3/c18-15-5-4-13(9-16(15)19)11-22-7-6-21-17(22)14-3-1-2-12(8-14)10-20/h1-9H,11H2. The molecule has 0 aliphatic heterocycles. The monoisotopic (exact) mass is 295 g/mol. The zero-order valence-electron chi connectivity index (χ0n) is 11.5. The van der Waals surface area contributed by atoms with Crippen LogP contribution in [0.15, 0.2) is 54.9 Å². The minimum atomic E-state index is -0.870. The lowest BCUT2D eigenvalue weighted by atomic mass is 10.1. The summed E-state index contributed by atoms with van der Waals surface area (Å²) in [5.41, 5.74) is 1.97. The highest BCUT2D eigenvalue weighted by Crippen LogP contribution is 2.20. The van der Waals surface area contributed by atoms with Gasteiger partial charge in [0.05, 0.1) is 11.6 Å². The summed E-state index contributed by atoms with van der Waals surface area (Å²) in [6, 6.07) is 13.0. The largest absolute Gasteiger partial charge is 0.327 e. The first-order valence-corrected chi connectivity index (χ1v) is 6.63. The second kappa shape index (κ2) is 5.78. The Labute approximate surface area is 126 Å². The van der Waals surface area contributed by atoms with Crippen LogP contribution < -0.4 is 0 Å². The predicted octanol–water partition coefficient (Wildman–Crippen LogP) is 3.75. The van der Waals surface area contributed by atoms with Crippen LogP contribution in [0, 0.1) is 23.0 Å². The van der Waals surface area contributed by atoms with E-state index >= 15 is 0 Å². The normalized spacial score (nSPS) is 10.4. The van der Waals surface area contributed by atoms with Gasteiger partial charge in [0.25, 0.3) is 0 Å². The number of hydrogen-bond donors (Lipinski definition) is 0. The average Bonchev–Trinajstić information content (AvgIpc) is 2.99. The smallest absolute Gasteiger partial charge is 0.159 e. The summed E-state index contributed by atoms with van der Waals surface area (Å²) in [5.74, 6) is -1.07. The van der Waals surface area contributed by atoms with Crippen molar-refractivity contribution in [3.8, 4) is 17.5 Å². The van der Waals surface area contributed by atoms with E-state index < -0.39 is 11.6 Å². The molecule has 0 amide bonds. The molecule has 3 rings (SSSR count). The first-order chi connectivity index (χ1) is 10.7. The van der Waals surface area contributed by atoms with Crippen LogP contribution in [0.2, 0.25) is 0 Å². The molecule has 1 heterocycles. The Kier molecular flexibility index (Phi) is 3.67. The van der Waals surface area contributed by atoms with Crippen molar-refractivity contribution in [3.05, 3.63) is 77.6 Å². The van der Waals surface area contributed by atoms with Gasteiger partial charge in [0.2, 0.25) is 0 Å². The van der Waals surface area contributed by atoms with E-state index in [1.807, 2.05) is 10.6 Å². The summed E-state index contributed by atoms with van der Waals surface area (Å²) in [5, 5.41) is 8.97. The molecule has 0 fully saturated rings. The maximum absolute atomic E-state index is 13.3. The van der Waals surface area contributed by atoms with Gasteiger partial charge in [-0.3, -0.25) is 0 Å². The predicted molar refractivity (Wildman–Crippen MR) is 77.8 cm³/mol. The third kappa shape index (κ3) is 2.72. The first-order valence-electron chi connectivity index (χ1n) is 6.63. The molecule has 0 saturated heterocycles. The molecule has 0 aliphatic rings. The topological polar surface area (TPSA) is 41.6 Å². The zero-order valence-corrected chi connectivity index (χ0v) is 11.5. The van der Waals surface area contributed by atoms with Crippen molar-refractivity contribution < 1.29 is 8.78 Å². The molecular weight excluding hydrogens is 284 g/mol. The molecule has 22 heavy (non-hydrogen) atoms. The molecular formula is C17H11F2N3. The molecule has 0 radical (unpaired) electrons. The molecule has 2 aromatic carbocycles. The zero-order chi connectivity index (χ0) is 15.5. The Balaban J connectivity index is 1.95. The van der Waals surface area contributed by atoms with Gasteiger partial charge in [-0.2, -0.15) is 5.26 Å². The van der Waals surface area contributed by atoms with E-state index in [9.17, 15) is 8.78 Å². The number of halogens is 2. The van der Waals surface area contributed by atoms with Crippen molar-refractivity contribution in [3.63, 3.8) is 0 Å². The van der Waals surface area contributed by atoms with Gasteiger partial charge in [-0.15, -0.1) is 0 Å². The number of aromatic nitrogens is 2. The Bertz CT molecular complexity index is 862. The minimum absolute atomic E-state index is 0.364. The lowest BCUT2D eigenvalue weighted by Crippen LogP contribution is -2.02. The van der Waals surface area contributed by atoms with Crippen molar-refractivity contribution in [1.82, 2.24) is 9.55 Å². The fourth-order valence-corrected chi connectivity index (χ4v) is 2.26. The molecule has 0 spiro atoms. The molecule has 1 aromatic heterocycles. The van der Waals surface area contributed by atoms with Gasteiger partial charge in [0, 0.05) is 24.5 Å². The number of rotatable bonds is 3. The summed E-state index contributed by atoms with van der Waals surface area (Å²) >= 11 is 0. The lowest BCUT2D eigenvalue weighted by Gasteiger charge is -2.09. The van der Waals surface area contributed by atoms with Crippen molar-refractivity contribution in [2.24, 2.45) is 0 Å². The van der Waals surface area contributed by atoms with Crippen LogP contribution in [0.25, 0.3) is 11.4 Å². The van der Waals surface area contributed by atoms with E-state index in [0.29, 0.717) is 23.5 Å². The molecule has 0 bridgehead atoms. The van der Waals surface area contributed by atoms with Gasteiger partial charge in [0.1, 0.15) is 5.82 Å². The van der Waals surface area contributed by atoms with E-state index in [-0.39, 0.29) is 0 Å². The van der Waals surface area contributed by atoms with Gasteiger partial charge < -0.3 is 4.57 Å². The number of imidazole rings is 1. The molecule has 3 aromatic rings. The molecule has 0 saturated carbocycles. The SMILES string of the molecule is N#Cc1cccc(-c2nccn2Cc2ccc(F)c(F)c2)c1. The third-order valence-electron chi connectivity index (χ3n) is 3.30. The number of nitriles is 1. The number of hydrogen-bond acceptors (Lipinski definition) is 2. The van der Waals surface area contributed by atoms with Crippen LogP contribution in [0.3, 0.4) is 0 Å². The lowest BCUT2D eigenvalue weighted by molar-refractivity contribution is 0.506. The Morgan fingerprint density at radius 2 is 1.95 bits per heavy atom. The van der Waals surface area contributed by atoms with Crippen LogP contribution in [0.5, 0.6) is 0 Å². The average molecular weight is 295 g/mol. The molecule has 0 N–H and O–H groups in total. The van der Waals surface area contributed by atoms with E-state index in [1.54, 1.807) is 30.6 Å². The summed E-state index contributed by atoms with van der Waals surface area (Å²) in [6.45, 7) is 0.364. The van der Waals surface area contributed by atoms with Crippen LogP contribution in [0.4, 0.5) is 8.78 Å². The second-order valence-corrected chi connectivity index (χ2v) is 4.82. The van der Waals surface area contributed by atoms with Gasteiger partial charge in [-0.1, -0.05) is 18.2 Å². The van der Waals surface area contributed by atoms with E-state index in [1.165, 1.54) is 12.1 Å². The summed E-state index contributed by atoms with van der Waals surface area (Å²) in [6.07, 6.45) is 3.39. The quantitative estimate of drug-likeness (QED) is 0.738. The summed E-state index contributed by atoms with van der Waals surface area (Å²) < 4.78 is 28.1. The van der Waals surface area contributed by atoms with Crippen molar-refractivity contribution in [2.45, 2.75) is 6.54 Å². The fourth-order valence-electron chi connectivity index (χ4n) is 2.26. The Morgan fingerprint density at radius 3 is 2.73 bits per heavy atom. The Hall–Kier alpha value is -3.00. The molecule has 108 valence electrons. The summed E-state index contributed by atoms with van der Waals surface area (Å²) in [4.78, 5) is 4.28. The molecule has 3 nitrogen and oxygen atoms in total. The second-order valence-electron chi connectivity index (χ2n) is 4.82. The number of benzene rings is 2. The van der Waals surface area contributed by atoms with Crippen molar-refractivity contribution in [2.75, 3.05) is 0 Å². The fraction of sp³-hybridized carbons (Fsp3) is 0.0588. The van der Waals surface area contributed by atoms with Crippen molar-refractivity contribution >= 4 is 0 Å². The molecule has 0 unspecified atom stereocenters. The maximum atomic E-state index is 13.3. The van der Waals surface area contributed by atoms with Crippen LogP contribution in [0.1, 0.15) is 11.1 Å². The summed E-state index contributed by atoms with van der Waals surface area (Å²) in [7, 11) is 0. The van der Waals surface area contributed by atoms with Gasteiger partial charge in [-0.05, 0) is 29.8 Å². The first kappa shape index (κ1) is 14.0. The van der Waals surface area contributed by atoms with Gasteiger partial charge >= 0.3 is 0 Å². The third-order valence-corrected chi connectivity index (χ3v) is 3.30. The highest BCUT2D eigenvalue weighted by Gasteiger charge is 2.09. The molecule has 5 heteroatoms. The van der Waals surface area contributed by atoms with Crippen LogP contribution in [-0.2, 0) is 6.54 Å². The van der Waals surface area contributed by atoms with Crippen LogP contribution in [-0.4, -0.2) is 9.55 Å². The van der Waals surface area contributed by atoms with E-state index in [0.717, 1.165) is 11.6 Å². The van der Waals surface area contributed by atoms with Gasteiger partial charge in [0.15, 0.2) is 11.6 Å². The number of nitrogens with zero attached hydrogens (tertiary/aromatic N) is 3. The van der Waals surface area contributed by atoms with E-state index in [4.69, 9.17) is 5.26 Å². The highest BCUT2D eigenvalue weighted by atomic mass is 19.2. The maximum Gasteiger partial charge on any atom is 0.159 e. The van der Waals surface area contributed by atoms with Gasteiger partial charge in [-0.25, -0.2) is 13.8 Å². The Morgan fingerprint density at radius 1 is 1.09 bits per heavy atom. The van der Waals surface area contributed by atoms with Crippen LogP contribution >= 0.6 is 0 Å². The highest BCUT2D eigenvalue weighted by molar-refractivity contribution is 5.58. The molecule has 0 atom stereocenters. The molecule has 0 aliphatic carbocycles. The van der Waals surface area contributed by atoms with E-state index in [2.05, 4.69) is 11.1 Å². The van der Waals surface area contributed by atoms with Crippen molar-refractivity contribution in [1.29, 1.82) is 5.26 Å².